The second-order valence-electron chi connectivity index (χ2n) is 5.59. The fourth-order valence-corrected chi connectivity index (χ4v) is 3.38. The average molecular weight is 323 g/mol. The molecule has 0 radical (unpaired) electrons. The molecule has 0 aromatic heterocycles. The highest BCUT2D eigenvalue weighted by atomic mass is 32.2. The molecule has 0 bridgehead atoms. The number of benzene rings is 1. The molecule has 1 aliphatic rings. The van der Waals surface area contributed by atoms with Crippen LogP contribution in [0.15, 0.2) is 29.3 Å². The van der Waals surface area contributed by atoms with Gasteiger partial charge in [-0.2, -0.15) is 0 Å². The minimum atomic E-state index is -2.94. The predicted octanol–water partition coefficient (Wildman–Crippen LogP) is 1.14. The van der Waals surface area contributed by atoms with E-state index in [9.17, 15) is 8.42 Å². The number of nitrogens with one attached hydrogen (secondary N) is 2. The third-order valence-corrected chi connectivity index (χ3v) is 5.76. The zero-order valence-electron chi connectivity index (χ0n) is 13.3. The van der Waals surface area contributed by atoms with E-state index in [-0.39, 0.29) is 11.5 Å². The SMILES string of the molecule is CCS(=O)(=O)CCNC(=NC)NC1CCc2ccccc2C1. The van der Waals surface area contributed by atoms with Crippen LogP contribution in [-0.2, 0) is 22.7 Å². The molecule has 122 valence electrons. The summed E-state index contributed by atoms with van der Waals surface area (Å²) in [4.78, 5) is 4.18. The molecule has 0 amide bonds. The van der Waals surface area contributed by atoms with Crippen molar-refractivity contribution in [1.29, 1.82) is 0 Å². The maximum Gasteiger partial charge on any atom is 0.191 e. The lowest BCUT2D eigenvalue weighted by Gasteiger charge is -2.27. The number of rotatable bonds is 5. The summed E-state index contributed by atoms with van der Waals surface area (Å²) < 4.78 is 23.0. The Kier molecular flexibility index (Phi) is 5.83. The van der Waals surface area contributed by atoms with E-state index in [1.54, 1.807) is 14.0 Å². The van der Waals surface area contributed by atoms with E-state index in [1.807, 2.05) is 0 Å². The first-order chi connectivity index (χ1) is 10.5. The van der Waals surface area contributed by atoms with E-state index in [0.29, 0.717) is 18.5 Å². The Bertz CT molecular complexity index is 626. The smallest absolute Gasteiger partial charge is 0.191 e. The first-order valence-corrected chi connectivity index (χ1v) is 9.60. The summed E-state index contributed by atoms with van der Waals surface area (Å²) >= 11 is 0. The second-order valence-corrected chi connectivity index (χ2v) is 8.06. The number of guanidine groups is 1. The normalized spacial score (nSPS) is 18.6. The number of aliphatic imine (C=N–C) groups is 1. The van der Waals surface area contributed by atoms with Crippen LogP contribution in [0.3, 0.4) is 0 Å². The van der Waals surface area contributed by atoms with Gasteiger partial charge in [0.05, 0.1) is 5.75 Å². The van der Waals surface area contributed by atoms with Crippen LogP contribution in [0.4, 0.5) is 0 Å². The molecule has 1 aromatic carbocycles. The fraction of sp³-hybridized carbons (Fsp3) is 0.562. The van der Waals surface area contributed by atoms with Gasteiger partial charge in [0.25, 0.3) is 0 Å². The van der Waals surface area contributed by atoms with Crippen molar-refractivity contribution in [2.45, 2.75) is 32.2 Å². The quantitative estimate of drug-likeness (QED) is 0.630. The van der Waals surface area contributed by atoms with Gasteiger partial charge in [-0.15, -0.1) is 0 Å². The standard InChI is InChI=1S/C16H25N3O2S/c1-3-22(20,21)11-10-18-16(17-2)19-15-9-8-13-6-4-5-7-14(13)12-15/h4-7,15H,3,8-12H2,1-2H3,(H2,17,18,19). The van der Waals surface area contributed by atoms with Gasteiger partial charge in [-0.25, -0.2) is 8.42 Å². The molecule has 6 heteroatoms. The van der Waals surface area contributed by atoms with Crippen LogP contribution in [0.25, 0.3) is 0 Å². The molecule has 0 spiro atoms. The number of sulfone groups is 1. The van der Waals surface area contributed by atoms with Gasteiger partial charge in [-0.3, -0.25) is 4.99 Å². The molecule has 5 nitrogen and oxygen atoms in total. The minimum absolute atomic E-state index is 0.137. The summed E-state index contributed by atoms with van der Waals surface area (Å²) in [5.74, 6) is 0.994. The summed E-state index contributed by atoms with van der Waals surface area (Å²) in [5.41, 5.74) is 2.81. The Morgan fingerprint density at radius 3 is 2.73 bits per heavy atom. The molecular formula is C16H25N3O2S. The van der Waals surface area contributed by atoms with Crippen LogP contribution in [0.2, 0.25) is 0 Å². The van der Waals surface area contributed by atoms with Crippen LogP contribution in [0.5, 0.6) is 0 Å². The highest BCUT2D eigenvalue weighted by molar-refractivity contribution is 7.91. The molecule has 2 rings (SSSR count). The summed E-state index contributed by atoms with van der Waals surface area (Å²) in [5, 5.41) is 6.49. The van der Waals surface area contributed by atoms with Gasteiger partial charge in [0.1, 0.15) is 0 Å². The summed E-state index contributed by atoms with van der Waals surface area (Å²) in [6, 6.07) is 8.86. The Labute approximate surface area is 133 Å². The molecule has 0 saturated carbocycles. The van der Waals surface area contributed by atoms with Crippen molar-refractivity contribution in [3.05, 3.63) is 35.4 Å². The Morgan fingerprint density at radius 2 is 2.05 bits per heavy atom. The summed E-state index contributed by atoms with van der Waals surface area (Å²) in [6.45, 7) is 2.06. The Hall–Kier alpha value is -1.56. The van der Waals surface area contributed by atoms with Crippen molar-refractivity contribution >= 4 is 15.8 Å². The third-order valence-electron chi connectivity index (χ3n) is 4.06. The van der Waals surface area contributed by atoms with Crippen molar-refractivity contribution in [3.63, 3.8) is 0 Å². The maximum atomic E-state index is 11.5. The number of hydrogen-bond donors (Lipinski definition) is 2. The van der Waals surface area contributed by atoms with E-state index >= 15 is 0 Å². The van der Waals surface area contributed by atoms with Gasteiger partial charge >= 0.3 is 0 Å². The minimum Gasteiger partial charge on any atom is -0.355 e. The van der Waals surface area contributed by atoms with E-state index in [4.69, 9.17) is 0 Å². The molecule has 0 fully saturated rings. The van der Waals surface area contributed by atoms with Gasteiger partial charge in [0.15, 0.2) is 15.8 Å². The lowest BCUT2D eigenvalue weighted by molar-refractivity contribution is 0.521. The molecule has 1 aliphatic carbocycles. The van der Waals surface area contributed by atoms with Crippen molar-refractivity contribution in [2.24, 2.45) is 4.99 Å². The largest absolute Gasteiger partial charge is 0.355 e. The van der Waals surface area contributed by atoms with Gasteiger partial charge in [0, 0.05) is 25.4 Å². The molecular weight excluding hydrogens is 298 g/mol. The highest BCUT2D eigenvalue weighted by Crippen LogP contribution is 2.20. The fourth-order valence-electron chi connectivity index (χ4n) is 2.68. The number of fused-ring (bicyclic) bond motifs is 1. The first-order valence-electron chi connectivity index (χ1n) is 7.78. The lowest BCUT2D eigenvalue weighted by atomic mass is 9.88. The third kappa shape index (κ3) is 4.73. The van der Waals surface area contributed by atoms with Gasteiger partial charge in [0.2, 0.25) is 0 Å². The number of hydrogen-bond acceptors (Lipinski definition) is 3. The molecule has 0 saturated heterocycles. The molecule has 0 heterocycles. The van der Waals surface area contributed by atoms with E-state index in [0.717, 1.165) is 19.3 Å². The summed E-state index contributed by atoms with van der Waals surface area (Å²) in [6.07, 6.45) is 3.10. The lowest BCUT2D eigenvalue weighted by Crippen LogP contribution is -2.46. The predicted molar refractivity (Wildman–Crippen MR) is 91.1 cm³/mol. The van der Waals surface area contributed by atoms with E-state index < -0.39 is 9.84 Å². The summed E-state index contributed by atoms with van der Waals surface area (Å²) in [7, 11) is -1.23. The van der Waals surface area contributed by atoms with Crippen LogP contribution in [0.1, 0.15) is 24.5 Å². The van der Waals surface area contributed by atoms with E-state index in [2.05, 4.69) is 39.9 Å². The monoisotopic (exact) mass is 323 g/mol. The van der Waals surface area contributed by atoms with E-state index in [1.165, 1.54) is 11.1 Å². The van der Waals surface area contributed by atoms with Crippen molar-refractivity contribution in [1.82, 2.24) is 10.6 Å². The first kappa shape index (κ1) is 16.8. The second kappa shape index (κ2) is 7.63. The molecule has 1 atom stereocenters. The van der Waals surface area contributed by atoms with Gasteiger partial charge in [-0.05, 0) is 30.4 Å². The molecule has 22 heavy (non-hydrogen) atoms. The van der Waals surface area contributed by atoms with Crippen molar-refractivity contribution < 1.29 is 8.42 Å². The molecule has 2 N–H and O–H groups in total. The maximum absolute atomic E-state index is 11.5. The van der Waals surface area contributed by atoms with Crippen molar-refractivity contribution in [3.8, 4) is 0 Å². The van der Waals surface area contributed by atoms with Crippen molar-refractivity contribution in [2.75, 3.05) is 25.1 Å². The molecule has 1 unspecified atom stereocenters. The topological polar surface area (TPSA) is 70.6 Å². The number of aryl methyl sites for hydroxylation is 1. The van der Waals surface area contributed by atoms with Gasteiger partial charge in [-0.1, -0.05) is 31.2 Å². The van der Waals surface area contributed by atoms with Gasteiger partial charge < -0.3 is 10.6 Å². The zero-order valence-corrected chi connectivity index (χ0v) is 14.1. The highest BCUT2D eigenvalue weighted by Gasteiger charge is 2.19. The van der Waals surface area contributed by atoms with Crippen LogP contribution in [-0.4, -0.2) is 45.5 Å². The van der Waals surface area contributed by atoms with Crippen LogP contribution in [0, 0.1) is 0 Å². The Balaban J connectivity index is 1.84. The van der Waals surface area contributed by atoms with Crippen LogP contribution >= 0.6 is 0 Å². The molecule has 0 aliphatic heterocycles. The average Bonchev–Trinajstić information content (AvgIpc) is 2.53. The number of nitrogens with zero attached hydrogens (tertiary/aromatic N) is 1. The molecule has 1 aromatic rings. The zero-order chi connectivity index (χ0) is 16.0. The van der Waals surface area contributed by atoms with Crippen LogP contribution < -0.4 is 10.6 Å². The Morgan fingerprint density at radius 1 is 1.32 bits per heavy atom.